The highest BCUT2D eigenvalue weighted by Crippen LogP contribution is 2.55. The lowest BCUT2D eigenvalue weighted by Crippen LogP contribution is -1.86. The van der Waals surface area contributed by atoms with E-state index in [9.17, 15) is 0 Å². The smallest absolute Gasteiger partial charge is 0.227 e. The molecule has 10 aromatic rings. The minimum absolute atomic E-state index is 0.639. The van der Waals surface area contributed by atoms with Crippen LogP contribution in [-0.2, 0) is 0 Å². The Morgan fingerprint density at radius 3 is 2.07 bits per heavy atom. The van der Waals surface area contributed by atoms with Crippen molar-refractivity contribution in [3.8, 4) is 44.8 Å². The zero-order chi connectivity index (χ0) is 29.9. The number of oxazole rings is 1. The van der Waals surface area contributed by atoms with Gasteiger partial charge in [0.25, 0.3) is 0 Å². The fraction of sp³-hybridized carbons (Fsp3) is 0. The van der Waals surface area contributed by atoms with E-state index in [1.54, 1.807) is 0 Å². The van der Waals surface area contributed by atoms with Gasteiger partial charge in [-0.15, -0.1) is 0 Å². The average Bonchev–Trinajstić information content (AvgIpc) is 3.82. The van der Waals surface area contributed by atoms with Crippen molar-refractivity contribution < 1.29 is 8.83 Å². The second-order valence-corrected chi connectivity index (χ2v) is 12.3. The third kappa shape index (κ3) is 3.14. The van der Waals surface area contributed by atoms with Crippen LogP contribution in [0.3, 0.4) is 0 Å². The number of fused-ring (bicyclic) bond motifs is 12. The molecule has 0 aliphatic heterocycles. The normalized spacial score (nSPS) is 12.3. The molecule has 2 heterocycles. The Kier molecular flexibility index (Phi) is 4.58. The van der Waals surface area contributed by atoms with Gasteiger partial charge in [0, 0.05) is 32.7 Å². The number of nitrogens with zero attached hydrogens (tertiary/aromatic N) is 1. The molecular weight excluding hydrogens is 562 g/mol. The molecule has 11 rings (SSSR count). The van der Waals surface area contributed by atoms with Crippen molar-refractivity contribution in [1.29, 1.82) is 0 Å². The first-order chi connectivity index (χ1) is 22.8. The fourth-order valence-electron chi connectivity index (χ4n) is 7.76. The van der Waals surface area contributed by atoms with Gasteiger partial charge in [0.05, 0.1) is 0 Å². The van der Waals surface area contributed by atoms with E-state index in [2.05, 4.69) is 103 Å². The average molecular weight is 586 g/mol. The molecule has 2 aromatic heterocycles. The van der Waals surface area contributed by atoms with E-state index in [0.29, 0.717) is 5.89 Å². The number of hydrogen-bond acceptors (Lipinski definition) is 3. The van der Waals surface area contributed by atoms with Gasteiger partial charge in [-0.05, 0) is 85.8 Å². The van der Waals surface area contributed by atoms with E-state index in [1.807, 2.05) is 36.4 Å². The summed E-state index contributed by atoms with van der Waals surface area (Å²) >= 11 is 0. The van der Waals surface area contributed by atoms with E-state index >= 15 is 0 Å². The first-order valence-corrected chi connectivity index (χ1v) is 15.6. The van der Waals surface area contributed by atoms with Gasteiger partial charge in [0.15, 0.2) is 5.58 Å². The molecule has 0 amide bonds. The van der Waals surface area contributed by atoms with Crippen LogP contribution in [0.5, 0.6) is 0 Å². The van der Waals surface area contributed by atoms with Crippen molar-refractivity contribution in [2.75, 3.05) is 0 Å². The molecule has 8 aromatic carbocycles. The van der Waals surface area contributed by atoms with Crippen molar-refractivity contribution in [3.63, 3.8) is 0 Å². The number of rotatable bonds is 2. The van der Waals surface area contributed by atoms with Gasteiger partial charge < -0.3 is 8.83 Å². The highest BCUT2D eigenvalue weighted by atomic mass is 16.3. The second-order valence-electron chi connectivity index (χ2n) is 12.3. The first-order valence-electron chi connectivity index (χ1n) is 15.6. The molecular formula is C43H23NO2. The summed E-state index contributed by atoms with van der Waals surface area (Å²) in [6, 6.07) is 49.5. The molecule has 3 heteroatoms. The third-order valence-corrected chi connectivity index (χ3v) is 9.80. The third-order valence-electron chi connectivity index (χ3n) is 9.80. The Bertz CT molecular complexity index is 2910. The summed E-state index contributed by atoms with van der Waals surface area (Å²) in [7, 11) is 0. The summed E-state index contributed by atoms with van der Waals surface area (Å²) in [5.74, 6) is 0.639. The number of hydrogen-bond donors (Lipinski definition) is 0. The van der Waals surface area contributed by atoms with Crippen molar-refractivity contribution in [2.24, 2.45) is 0 Å². The molecule has 0 radical (unpaired) electrons. The molecule has 0 N–H and O–H groups in total. The first kappa shape index (κ1) is 24.2. The van der Waals surface area contributed by atoms with Gasteiger partial charge in [0.2, 0.25) is 5.89 Å². The molecule has 0 saturated carbocycles. The minimum Gasteiger partial charge on any atom is -0.455 e. The summed E-state index contributed by atoms with van der Waals surface area (Å²) < 4.78 is 13.1. The molecule has 0 unspecified atom stereocenters. The number of aromatic nitrogens is 1. The van der Waals surface area contributed by atoms with Gasteiger partial charge in [-0.3, -0.25) is 0 Å². The Morgan fingerprint density at radius 1 is 0.413 bits per heavy atom. The number of para-hydroxylation sites is 1. The largest absolute Gasteiger partial charge is 0.455 e. The second kappa shape index (κ2) is 8.71. The monoisotopic (exact) mass is 585 g/mol. The zero-order valence-electron chi connectivity index (χ0n) is 24.5. The zero-order valence-corrected chi connectivity index (χ0v) is 24.5. The quantitative estimate of drug-likeness (QED) is 0.189. The van der Waals surface area contributed by atoms with Crippen LogP contribution in [0, 0.1) is 0 Å². The summed E-state index contributed by atoms with van der Waals surface area (Å²) in [4.78, 5) is 4.88. The van der Waals surface area contributed by atoms with Crippen LogP contribution in [-0.4, -0.2) is 4.98 Å². The molecule has 0 saturated heterocycles. The summed E-state index contributed by atoms with van der Waals surface area (Å²) in [6.45, 7) is 0. The van der Waals surface area contributed by atoms with Gasteiger partial charge in [-0.25, -0.2) is 4.98 Å². The molecule has 0 bridgehead atoms. The van der Waals surface area contributed by atoms with Crippen LogP contribution >= 0.6 is 0 Å². The predicted octanol–water partition coefficient (Wildman–Crippen LogP) is 12.2. The van der Waals surface area contributed by atoms with Crippen LogP contribution in [0.4, 0.5) is 0 Å². The lowest BCUT2D eigenvalue weighted by molar-refractivity contribution is 0.623. The fourth-order valence-corrected chi connectivity index (χ4v) is 7.76. The van der Waals surface area contributed by atoms with Crippen LogP contribution < -0.4 is 0 Å². The predicted molar refractivity (Wildman–Crippen MR) is 189 cm³/mol. The summed E-state index contributed by atoms with van der Waals surface area (Å²) in [5, 5.41) is 9.36. The Labute approximate surface area is 262 Å². The Morgan fingerprint density at radius 2 is 1.15 bits per heavy atom. The lowest BCUT2D eigenvalue weighted by atomic mass is 9.90. The number of benzene rings is 8. The SMILES string of the molecule is c1ccc(-c2nc3ccc4ccc5ccc(-c6ccc7cc8c(oc9ccccc98)c8c7c6-c6ccccc6-8)cc5c4c3o2)cc1. The Balaban J connectivity index is 1.21. The van der Waals surface area contributed by atoms with Crippen LogP contribution in [0.2, 0.25) is 0 Å². The summed E-state index contributed by atoms with van der Waals surface area (Å²) in [5.41, 5.74) is 11.8. The van der Waals surface area contributed by atoms with E-state index in [4.69, 9.17) is 13.8 Å². The molecule has 212 valence electrons. The highest BCUT2D eigenvalue weighted by Gasteiger charge is 2.28. The van der Waals surface area contributed by atoms with Gasteiger partial charge >= 0.3 is 0 Å². The molecule has 46 heavy (non-hydrogen) atoms. The maximum absolute atomic E-state index is 6.58. The molecule has 0 spiro atoms. The van der Waals surface area contributed by atoms with Crippen molar-refractivity contribution in [2.45, 2.75) is 0 Å². The topological polar surface area (TPSA) is 39.2 Å². The van der Waals surface area contributed by atoms with E-state index < -0.39 is 0 Å². The Hall–Kier alpha value is -6.19. The van der Waals surface area contributed by atoms with Crippen molar-refractivity contribution >= 4 is 65.4 Å². The van der Waals surface area contributed by atoms with Crippen LogP contribution in [0.15, 0.2) is 148 Å². The maximum atomic E-state index is 6.58. The highest BCUT2D eigenvalue weighted by molar-refractivity contribution is 6.28. The van der Waals surface area contributed by atoms with Gasteiger partial charge in [-0.2, -0.15) is 0 Å². The number of furan rings is 1. The standard InChI is InChI=1S/C43H23NO2/c1-2-8-26(9-3-1)43-44-35-21-19-25-16-14-24-15-17-27(22-33(24)37(25)42(35)46-43)29-20-18-28-23-34-30-10-6-7-13-36(30)45-41(34)40-32-12-5-4-11-31(32)39(29)38(28)40/h1-23H. The summed E-state index contributed by atoms with van der Waals surface area (Å²) in [6.07, 6.45) is 0. The molecule has 3 nitrogen and oxygen atoms in total. The molecule has 0 fully saturated rings. The molecule has 1 aliphatic rings. The lowest BCUT2D eigenvalue weighted by Gasteiger charge is -2.13. The van der Waals surface area contributed by atoms with Crippen LogP contribution in [0.25, 0.3) is 110 Å². The van der Waals surface area contributed by atoms with E-state index in [-0.39, 0.29) is 0 Å². The molecule has 0 atom stereocenters. The van der Waals surface area contributed by atoms with Crippen LogP contribution in [0.1, 0.15) is 0 Å². The van der Waals surface area contributed by atoms with Crippen molar-refractivity contribution in [1.82, 2.24) is 4.98 Å². The van der Waals surface area contributed by atoms with Gasteiger partial charge in [0.1, 0.15) is 16.7 Å². The minimum atomic E-state index is 0.639. The van der Waals surface area contributed by atoms with E-state index in [0.717, 1.165) is 54.8 Å². The van der Waals surface area contributed by atoms with Crippen molar-refractivity contribution in [3.05, 3.63) is 140 Å². The van der Waals surface area contributed by atoms with Gasteiger partial charge in [-0.1, -0.05) is 103 Å². The maximum Gasteiger partial charge on any atom is 0.227 e. The molecule has 1 aliphatic carbocycles. The van der Waals surface area contributed by atoms with E-state index in [1.165, 1.54) is 49.5 Å².